The van der Waals surface area contributed by atoms with Crippen LogP contribution < -0.4 is 15.8 Å². The van der Waals surface area contributed by atoms with Gasteiger partial charge in [-0.3, -0.25) is 15.0 Å². The highest BCUT2D eigenvalue weighted by molar-refractivity contribution is 7.89. The molecule has 128 valence electrons. The second-order valence-corrected chi connectivity index (χ2v) is 6.71. The highest BCUT2D eigenvalue weighted by Gasteiger charge is 2.15. The third-order valence-corrected chi connectivity index (χ3v) is 4.45. The molecule has 0 unspecified atom stereocenters. The second kappa shape index (κ2) is 8.04. The van der Waals surface area contributed by atoms with Gasteiger partial charge in [0.2, 0.25) is 15.9 Å². The first-order valence-corrected chi connectivity index (χ1v) is 8.54. The quantitative estimate of drug-likeness (QED) is 0.680. The summed E-state index contributed by atoms with van der Waals surface area (Å²) in [5.41, 5.74) is 0.895. The van der Waals surface area contributed by atoms with Crippen molar-refractivity contribution in [3.05, 3.63) is 29.8 Å². The third kappa shape index (κ3) is 5.97. The maximum Gasteiger partial charge on any atom is 0.321 e. The van der Waals surface area contributed by atoms with Crippen molar-refractivity contribution >= 4 is 22.0 Å². The number of urea groups is 1. The SMILES string of the molecule is CNC(=O)NC(=O)CCN(C)[C@@H](C)c1ccc(S(N)(=O)=O)cc1. The molecule has 0 aliphatic rings. The van der Waals surface area contributed by atoms with Gasteiger partial charge >= 0.3 is 6.03 Å². The zero-order valence-electron chi connectivity index (χ0n) is 13.4. The fourth-order valence-corrected chi connectivity index (χ4v) is 2.43. The van der Waals surface area contributed by atoms with Gasteiger partial charge in [-0.1, -0.05) is 12.1 Å². The molecule has 0 fully saturated rings. The number of carbonyl (C=O) groups excluding carboxylic acids is 2. The Kier molecular flexibility index (Phi) is 6.67. The molecule has 0 aliphatic carbocycles. The van der Waals surface area contributed by atoms with Crippen LogP contribution in [0.25, 0.3) is 0 Å². The van der Waals surface area contributed by atoms with Crippen molar-refractivity contribution in [3.8, 4) is 0 Å². The Morgan fingerprint density at radius 1 is 1.26 bits per heavy atom. The lowest BCUT2D eigenvalue weighted by molar-refractivity contribution is -0.120. The van der Waals surface area contributed by atoms with Crippen LogP contribution in [0.15, 0.2) is 29.2 Å². The number of amides is 3. The smallest absolute Gasteiger partial charge is 0.321 e. The van der Waals surface area contributed by atoms with E-state index in [1.54, 1.807) is 12.1 Å². The topological polar surface area (TPSA) is 122 Å². The number of benzene rings is 1. The molecule has 3 amide bonds. The zero-order chi connectivity index (χ0) is 17.6. The predicted molar refractivity (Wildman–Crippen MR) is 86.1 cm³/mol. The van der Waals surface area contributed by atoms with Gasteiger partial charge in [0, 0.05) is 26.1 Å². The van der Waals surface area contributed by atoms with Crippen molar-refractivity contribution in [2.45, 2.75) is 24.3 Å². The number of nitrogens with two attached hydrogens (primary N) is 1. The van der Waals surface area contributed by atoms with Gasteiger partial charge in [-0.05, 0) is 31.7 Å². The molecular weight excluding hydrogens is 320 g/mol. The van der Waals surface area contributed by atoms with Crippen molar-refractivity contribution in [2.24, 2.45) is 5.14 Å². The Hall–Kier alpha value is -1.97. The fourth-order valence-electron chi connectivity index (χ4n) is 1.91. The van der Waals surface area contributed by atoms with Gasteiger partial charge in [-0.2, -0.15) is 0 Å². The molecule has 0 bridgehead atoms. The number of hydrogen-bond donors (Lipinski definition) is 3. The summed E-state index contributed by atoms with van der Waals surface area (Å²) in [6, 6.07) is 5.71. The monoisotopic (exact) mass is 342 g/mol. The highest BCUT2D eigenvalue weighted by atomic mass is 32.2. The average Bonchev–Trinajstić information content (AvgIpc) is 2.51. The minimum absolute atomic E-state index is 0.0302. The van der Waals surface area contributed by atoms with Crippen molar-refractivity contribution < 1.29 is 18.0 Å². The van der Waals surface area contributed by atoms with E-state index in [1.165, 1.54) is 19.2 Å². The maximum atomic E-state index is 11.6. The van der Waals surface area contributed by atoms with E-state index in [2.05, 4.69) is 10.6 Å². The molecule has 1 rings (SSSR count). The van der Waals surface area contributed by atoms with E-state index in [-0.39, 0.29) is 23.3 Å². The summed E-state index contributed by atoms with van der Waals surface area (Å²) in [5, 5.41) is 9.56. The number of primary sulfonamides is 1. The molecule has 1 atom stereocenters. The first-order valence-electron chi connectivity index (χ1n) is 6.99. The van der Waals surface area contributed by atoms with E-state index in [1.807, 2.05) is 18.9 Å². The average molecular weight is 342 g/mol. The van der Waals surface area contributed by atoms with E-state index < -0.39 is 16.1 Å². The van der Waals surface area contributed by atoms with E-state index >= 15 is 0 Å². The summed E-state index contributed by atoms with van der Waals surface area (Å²) in [7, 11) is -0.434. The first-order chi connectivity index (χ1) is 10.6. The largest absolute Gasteiger partial charge is 0.341 e. The van der Waals surface area contributed by atoms with Crippen molar-refractivity contribution in [2.75, 3.05) is 20.6 Å². The second-order valence-electron chi connectivity index (χ2n) is 5.15. The standard InChI is InChI=1S/C14H22N4O4S/c1-10(11-4-6-12(7-5-11)23(15,21)22)18(3)9-8-13(19)17-14(20)16-2/h4-7,10H,8-9H2,1-3H3,(H2,15,21,22)(H2,16,17,19,20)/t10-/m0/s1. The molecule has 4 N–H and O–H groups in total. The Labute approximate surface area is 136 Å². The summed E-state index contributed by atoms with van der Waals surface area (Å²) in [6.45, 7) is 2.38. The minimum atomic E-state index is -3.71. The van der Waals surface area contributed by atoms with Crippen LogP contribution in [0.4, 0.5) is 4.79 Å². The van der Waals surface area contributed by atoms with Crippen LogP contribution in [-0.4, -0.2) is 45.9 Å². The van der Waals surface area contributed by atoms with Crippen LogP contribution >= 0.6 is 0 Å². The van der Waals surface area contributed by atoms with Gasteiger partial charge in [-0.25, -0.2) is 18.4 Å². The summed E-state index contributed by atoms with van der Waals surface area (Å²) in [5.74, 6) is -0.368. The Bertz CT molecular complexity index is 658. The summed E-state index contributed by atoms with van der Waals surface area (Å²) in [6.07, 6.45) is 0.170. The molecule has 9 heteroatoms. The zero-order valence-corrected chi connectivity index (χ0v) is 14.2. The molecule has 8 nitrogen and oxygen atoms in total. The molecule has 1 aromatic carbocycles. The lowest BCUT2D eigenvalue weighted by atomic mass is 10.1. The van der Waals surface area contributed by atoms with Crippen molar-refractivity contribution in [1.82, 2.24) is 15.5 Å². The van der Waals surface area contributed by atoms with E-state index in [0.29, 0.717) is 6.54 Å². The molecule has 0 saturated heterocycles. The van der Waals surface area contributed by atoms with E-state index in [9.17, 15) is 18.0 Å². The molecule has 0 aromatic heterocycles. The fraction of sp³-hybridized carbons (Fsp3) is 0.429. The molecule has 0 heterocycles. The van der Waals surface area contributed by atoms with Crippen molar-refractivity contribution in [1.29, 1.82) is 0 Å². The number of carbonyl (C=O) groups is 2. The van der Waals surface area contributed by atoms with Gasteiger partial charge in [0.15, 0.2) is 0 Å². The van der Waals surface area contributed by atoms with Crippen LogP contribution in [0.2, 0.25) is 0 Å². The maximum absolute atomic E-state index is 11.6. The van der Waals surface area contributed by atoms with Crippen LogP contribution in [0, 0.1) is 0 Å². The van der Waals surface area contributed by atoms with Gasteiger partial charge in [-0.15, -0.1) is 0 Å². The van der Waals surface area contributed by atoms with Gasteiger partial charge in [0.1, 0.15) is 0 Å². The van der Waals surface area contributed by atoms with Gasteiger partial charge in [0.25, 0.3) is 0 Å². The molecule has 1 aromatic rings. The molecule has 0 spiro atoms. The molecule has 0 saturated carbocycles. The molecule has 0 aliphatic heterocycles. The number of rotatable bonds is 6. The summed E-state index contributed by atoms with van der Waals surface area (Å²) >= 11 is 0. The number of sulfonamides is 1. The molecule has 23 heavy (non-hydrogen) atoms. The van der Waals surface area contributed by atoms with Crippen LogP contribution in [0.3, 0.4) is 0 Å². The van der Waals surface area contributed by atoms with E-state index in [0.717, 1.165) is 5.56 Å². The van der Waals surface area contributed by atoms with Crippen LogP contribution in [0.1, 0.15) is 24.9 Å². The number of nitrogens with zero attached hydrogens (tertiary/aromatic N) is 1. The van der Waals surface area contributed by atoms with E-state index in [4.69, 9.17) is 5.14 Å². The lowest BCUT2D eigenvalue weighted by Gasteiger charge is -2.24. The Morgan fingerprint density at radius 2 is 1.83 bits per heavy atom. The number of imide groups is 1. The van der Waals surface area contributed by atoms with Crippen LogP contribution in [0.5, 0.6) is 0 Å². The highest BCUT2D eigenvalue weighted by Crippen LogP contribution is 2.20. The summed E-state index contributed by atoms with van der Waals surface area (Å²) < 4.78 is 22.5. The lowest BCUT2D eigenvalue weighted by Crippen LogP contribution is -2.39. The van der Waals surface area contributed by atoms with Gasteiger partial charge < -0.3 is 5.32 Å². The summed E-state index contributed by atoms with van der Waals surface area (Å²) in [4.78, 5) is 24.6. The normalized spacial score (nSPS) is 12.7. The molecule has 0 radical (unpaired) electrons. The minimum Gasteiger partial charge on any atom is -0.341 e. The Balaban J connectivity index is 2.61. The van der Waals surface area contributed by atoms with Crippen molar-refractivity contribution in [3.63, 3.8) is 0 Å². The Morgan fingerprint density at radius 3 is 2.30 bits per heavy atom. The molecular formula is C14H22N4O4S. The van der Waals surface area contributed by atoms with Crippen LogP contribution in [-0.2, 0) is 14.8 Å². The first kappa shape index (κ1) is 19.1. The third-order valence-electron chi connectivity index (χ3n) is 3.52. The number of nitrogens with one attached hydrogen (secondary N) is 2. The van der Waals surface area contributed by atoms with Gasteiger partial charge in [0.05, 0.1) is 4.90 Å². The predicted octanol–water partition coefficient (Wildman–Crippen LogP) is 0.173. The number of hydrogen-bond acceptors (Lipinski definition) is 5.